The van der Waals surface area contributed by atoms with E-state index in [-0.39, 0.29) is 11.7 Å². The minimum atomic E-state index is -0.763. The summed E-state index contributed by atoms with van der Waals surface area (Å²) in [6.07, 6.45) is 7.58. The minimum Gasteiger partial charge on any atom is -0.493 e. The molecule has 3 aromatic carbocycles. The third-order valence-corrected chi connectivity index (χ3v) is 7.20. The molecule has 0 unspecified atom stereocenters. The molecular formula is C31H33F3O. The first-order chi connectivity index (χ1) is 17.0. The maximum absolute atomic E-state index is 15.0. The summed E-state index contributed by atoms with van der Waals surface area (Å²) in [5.74, 6) is -0.687. The number of aryl methyl sites for hydroxylation is 2. The molecule has 1 aliphatic carbocycles. The van der Waals surface area contributed by atoms with Crippen LogP contribution in [0.2, 0.25) is 0 Å². The zero-order valence-electron chi connectivity index (χ0n) is 20.3. The van der Waals surface area contributed by atoms with E-state index >= 15 is 4.39 Å². The Kier molecular flexibility index (Phi) is 8.33. The van der Waals surface area contributed by atoms with Gasteiger partial charge in [-0.05, 0) is 86.5 Å². The van der Waals surface area contributed by atoms with Gasteiger partial charge >= 0.3 is 0 Å². The van der Waals surface area contributed by atoms with Crippen molar-refractivity contribution in [2.75, 3.05) is 6.61 Å². The second kappa shape index (κ2) is 11.6. The van der Waals surface area contributed by atoms with E-state index < -0.39 is 11.6 Å². The van der Waals surface area contributed by atoms with Crippen LogP contribution in [0.15, 0.2) is 67.3 Å². The molecule has 1 fully saturated rings. The largest absolute Gasteiger partial charge is 0.493 e. The number of hydrogen-bond donors (Lipinski definition) is 0. The molecule has 184 valence electrons. The second-order valence-electron chi connectivity index (χ2n) is 9.63. The monoisotopic (exact) mass is 478 g/mol. The lowest BCUT2D eigenvalue weighted by Gasteiger charge is -2.29. The molecule has 0 bridgehead atoms. The molecule has 0 saturated heterocycles. The first-order valence-electron chi connectivity index (χ1n) is 12.5. The molecule has 0 amide bonds. The van der Waals surface area contributed by atoms with Crippen molar-refractivity contribution in [3.8, 4) is 16.9 Å². The highest BCUT2D eigenvalue weighted by atomic mass is 19.2. The fourth-order valence-electron chi connectivity index (χ4n) is 5.04. The summed E-state index contributed by atoms with van der Waals surface area (Å²) in [5, 5.41) is 0. The topological polar surface area (TPSA) is 9.23 Å². The van der Waals surface area contributed by atoms with Crippen LogP contribution in [0.25, 0.3) is 11.1 Å². The van der Waals surface area contributed by atoms with Gasteiger partial charge in [0.25, 0.3) is 0 Å². The predicted molar refractivity (Wildman–Crippen MR) is 136 cm³/mol. The molecule has 0 aromatic heterocycles. The van der Waals surface area contributed by atoms with E-state index in [2.05, 4.69) is 6.58 Å². The van der Waals surface area contributed by atoms with Crippen molar-refractivity contribution in [3.63, 3.8) is 0 Å². The molecule has 1 nitrogen and oxygen atoms in total. The van der Waals surface area contributed by atoms with Crippen LogP contribution in [-0.2, 0) is 6.42 Å². The van der Waals surface area contributed by atoms with Crippen LogP contribution in [0, 0.1) is 30.3 Å². The maximum Gasteiger partial charge on any atom is 0.166 e. The fourth-order valence-corrected chi connectivity index (χ4v) is 5.04. The van der Waals surface area contributed by atoms with E-state index in [1.807, 2.05) is 37.3 Å². The number of benzene rings is 3. The van der Waals surface area contributed by atoms with E-state index in [9.17, 15) is 8.78 Å². The summed E-state index contributed by atoms with van der Waals surface area (Å²) in [6, 6.07) is 16.0. The smallest absolute Gasteiger partial charge is 0.166 e. The average Bonchev–Trinajstić information content (AvgIpc) is 2.86. The zero-order valence-corrected chi connectivity index (χ0v) is 20.3. The van der Waals surface area contributed by atoms with E-state index in [0.29, 0.717) is 46.9 Å². The molecule has 1 saturated carbocycles. The van der Waals surface area contributed by atoms with Gasteiger partial charge in [0.1, 0.15) is 11.6 Å². The summed E-state index contributed by atoms with van der Waals surface area (Å²) < 4.78 is 49.9. The van der Waals surface area contributed by atoms with Gasteiger partial charge in [-0.15, -0.1) is 6.58 Å². The van der Waals surface area contributed by atoms with Gasteiger partial charge in [0.2, 0.25) is 0 Å². The normalized spacial score (nSPS) is 17.8. The first-order valence-corrected chi connectivity index (χ1v) is 12.5. The number of halogens is 3. The molecule has 4 rings (SSSR count). The van der Waals surface area contributed by atoms with Gasteiger partial charge in [0.05, 0.1) is 6.61 Å². The Hall–Kier alpha value is -3.01. The van der Waals surface area contributed by atoms with Gasteiger partial charge in [-0.3, -0.25) is 0 Å². The summed E-state index contributed by atoms with van der Waals surface area (Å²) in [5.41, 5.74) is 3.25. The van der Waals surface area contributed by atoms with E-state index in [1.165, 1.54) is 6.07 Å². The summed E-state index contributed by atoms with van der Waals surface area (Å²) in [6.45, 7) is 6.11. The molecule has 3 aromatic rings. The Balaban J connectivity index is 1.32. The number of hydrogen-bond acceptors (Lipinski definition) is 1. The van der Waals surface area contributed by atoms with Gasteiger partial charge in [-0.1, -0.05) is 54.1 Å². The molecule has 0 atom stereocenters. The second-order valence-corrected chi connectivity index (χ2v) is 9.63. The molecule has 35 heavy (non-hydrogen) atoms. The first kappa shape index (κ1) is 25.1. The lowest BCUT2D eigenvalue weighted by Crippen LogP contribution is -2.15. The standard InChI is InChI=1S/C31H33F3O/c1-3-4-19-35-26-16-15-25(29(32)20-26)14-9-22-7-12-24(13-8-22)28-18-17-27(30(33)31(28)34)23-10-5-21(2)6-11-23/h3,5-6,10-11,15-18,20,22,24H,1,4,7-9,12-14,19H2,2H3. The van der Waals surface area contributed by atoms with Crippen LogP contribution < -0.4 is 4.74 Å². The minimum absolute atomic E-state index is 0.0246. The van der Waals surface area contributed by atoms with E-state index in [1.54, 1.807) is 24.3 Å². The summed E-state index contributed by atoms with van der Waals surface area (Å²) in [7, 11) is 0. The van der Waals surface area contributed by atoms with Gasteiger partial charge in [0.15, 0.2) is 11.6 Å². The van der Waals surface area contributed by atoms with Crippen LogP contribution >= 0.6 is 0 Å². The Bertz CT molecular complexity index is 1140. The number of ether oxygens (including phenoxy) is 1. The highest BCUT2D eigenvalue weighted by molar-refractivity contribution is 5.65. The fraction of sp³-hybridized carbons (Fsp3) is 0.355. The van der Waals surface area contributed by atoms with Gasteiger partial charge in [0, 0.05) is 11.6 Å². The number of rotatable bonds is 9. The van der Waals surface area contributed by atoms with E-state index in [0.717, 1.165) is 44.1 Å². The SMILES string of the molecule is C=CCCOc1ccc(CCC2CCC(c3ccc(-c4ccc(C)cc4)c(F)c3F)CC2)c(F)c1. The summed E-state index contributed by atoms with van der Waals surface area (Å²) in [4.78, 5) is 0. The predicted octanol–water partition coefficient (Wildman–Crippen LogP) is 8.94. The Morgan fingerprint density at radius 2 is 1.66 bits per heavy atom. The van der Waals surface area contributed by atoms with Crippen LogP contribution in [0.1, 0.15) is 61.1 Å². The third kappa shape index (κ3) is 6.17. The Labute approximate surface area is 206 Å². The van der Waals surface area contributed by atoms with Crippen molar-refractivity contribution in [2.45, 2.75) is 57.8 Å². The molecule has 4 heteroatoms. The highest BCUT2D eigenvalue weighted by Gasteiger charge is 2.26. The molecule has 0 N–H and O–H groups in total. The lowest BCUT2D eigenvalue weighted by atomic mass is 9.76. The van der Waals surface area contributed by atoms with Gasteiger partial charge in [-0.25, -0.2) is 13.2 Å². The van der Waals surface area contributed by atoms with Crippen molar-refractivity contribution in [1.29, 1.82) is 0 Å². The van der Waals surface area contributed by atoms with Crippen LogP contribution in [0.4, 0.5) is 13.2 Å². The van der Waals surface area contributed by atoms with E-state index in [4.69, 9.17) is 4.74 Å². The van der Waals surface area contributed by atoms with Gasteiger partial charge in [-0.2, -0.15) is 0 Å². The Morgan fingerprint density at radius 1 is 0.914 bits per heavy atom. The van der Waals surface area contributed by atoms with Crippen molar-refractivity contribution >= 4 is 0 Å². The maximum atomic E-state index is 15.0. The Morgan fingerprint density at radius 3 is 2.34 bits per heavy atom. The van der Waals surface area contributed by atoms with Crippen LogP contribution in [-0.4, -0.2) is 6.61 Å². The van der Waals surface area contributed by atoms with Crippen LogP contribution in [0.3, 0.4) is 0 Å². The van der Waals surface area contributed by atoms with Crippen molar-refractivity contribution in [1.82, 2.24) is 0 Å². The highest BCUT2D eigenvalue weighted by Crippen LogP contribution is 2.40. The zero-order chi connectivity index (χ0) is 24.8. The quantitative estimate of drug-likeness (QED) is 0.220. The average molecular weight is 479 g/mol. The van der Waals surface area contributed by atoms with Crippen LogP contribution in [0.5, 0.6) is 5.75 Å². The molecule has 0 heterocycles. The third-order valence-electron chi connectivity index (χ3n) is 7.20. The molecule has 0 spiro atoms. The van der Waals surface area contributed by atoms with Gasteiger partial charge < -0.3 is 4.74 Å². The molecular weight excluding hydrogens is 445 g/mol. The molecule has 0 radical (unpaired) electrons. The molecule has 1 aliphatic rings. The van der Waals surface area contributed by atoms with Crippen molar-refractivity contribution < 1.29 is 17.9 Å². The van der Waals surface area contributed by atoms with Crippen molar-refractivity contribution in [2.24, 2.45) is 5.92 Å². The molecule has 0 aliphatic heterocycles. The summed E-state index contributed by atoms with van der Waals surface area (Å²) >= 11 is 0. The lowest BCUT2D eigenvalue weighted by molar-refractivity contribution is 0.303. The van der Waals surface area contributed by atoms with Crippen molar-refractivity contribution in [3.05, 3.63) is 101 Å².